The molecule has 2 amide bonds. The molecule has 1 atom stereocenters. The molecule has 0 aromatic heterocycles. The number of rotatable bonds is 6. The first-order chi connectivity index (χ1) is 11.4. The molecule has 0 aliphatic rings. The highest BCUT2D eigenvalue weighted by molar-refractivity contribution is 5.99. The fourth-order valence-corrected chi connectivity index (χ4v) is 2.24. The Morgan fingerprint density at radius 3 is 2.20 bits per heavy atom. The number of carboxylic acid groups (broad SMARTS) is 1. The molecule has 25 heavy (non-hydrogen) atoms. The smallest absolute Gasteiger partial charge is 0.416 e. The summed E-state index contributed by atoms with van der Waals surface area (Å²) < 4.78 is 39.0. The molecule has 0 fully saturated rings. The van der Waals surface area contributed by atoms with Gasteiger partial charge in [-0.3, -0.25) is 9.59 Å². The van der Waals surface area contributed by atoms with Crippen molar-refractivity contribution in [2.45, 2.75) is 45.3 Å². The van der Waals surface area contributed by atoms with Gasteiger partial charge in [-0.1, -0.05) is 13.3 Å². The number of aliphatic carboxylic acids is 1. The second-order valence-corrected chi connectivity index (χ2v) is 5.82. The molecule has 1 rings (SSSR count). The van der Waals surface area contributed by atoms with E-state index >= 15 is 0 Å². The number of anilines is 1. The van der Waals surface area contributed by atoms with E-state index in [1.165, 1.54) is 6.92 Å². The molecule has 6 nitrogen and oxygen atoms in total. The van der Waals surface area contributed by atoms with Crippen molar-refractivity contribution in [3.63, 3.8) is 0 Å². The number of carbonyl (C=O) groups excluding carboxylic acids is 2. The maximum Gasteiger partial charge on any atom is 0.416 e. The lowest BCUT2D eigenvalue weighted by Gasteiger charge is -2.26. The molecule has 0 saturated carbocycles. The highest BCUT2D eigenvalue weighted by Gasteiger charge is 2.36. The van der Waals surface area contributed by atoms with Crippen LogP contribution in [0.5, 0.6) is 0 Å². The van der Waals surface area contributed by atoms with Crippen LogP contribution < -0.4 is 10.6 Å². The number of alkyl halides is 3. The zero-order valence-electron chi connectivity index (χ0n) is 14.0. The Morgan fingerprint density at radius 1 is 1.16 bits per heavy atom. The third-order valence-corrected chi connectivity index (χ3v) is 3.45. The van der Waals surface area contributed by atoms with Gasteiger partial charge in [0.25, 0.3) is 5.91 Å². The first-order valence-corrected chi connectivity index (χ1v) is 7.45. The molecule has 0 spiro atoms. The number of nitrogens with one attached hydrogen (secondary N) is 2. The largest absolute Gasteiger partial charge is 0.480 e. The lowest BCUT2D eigenvalue weighted by Crippen LogP contribution is -2.52. The van der Waals surface area contributed by atoms with Gasteiger partial charge >= 0.3 is 12.1 Å². The van der Waals surface area contributed by atoms with E-state index in [0.717, 1.165) is 13.0 Å². The quantitative estimate of drug-likeness (QED) is 0.727. The third-order valence-electron chi connectivity index (χ3n) is 3.45. The maximum atomic E-state index is 13.0. The fourth-order valence-electron chi connectivity index (χ4n) is 2.24. The van der Waals surface area contributed by atoms with E-state index in [2.05, 4.69) is 10.6 Å². The highest BCUT2D eigenvalue weighted by Crippen LogP contribution is 2.32. The van der Waals surface area contributed by atoms with Crippen LogP contribution in [0.25, 0.3) is 0 Å². The topological polar surface area (TPSA) is 95.5 Å². The summed E-state index contributed by atoms with van der Waals surface area (Å²) >= 11 is 0. The SMILES string of the molecule is CCCC(C)(NC(=O)c1cc(NC(C)=O)cc(C(F)(F)F)c1)C(=O)O. The predicted octanol–water partition coefficient (Wildman–Crippen LogP) is 3.04. The van der Waals surface area contributed by atoms with E-state index in [0.29, 0.717) is 18.6 Å². The van der Waals surface area contributed by atoms with Crippen molar-refractivity contribution in [2.75, 3.05) is 5.32 Å². The zero-order chi connectivity index (χ0) is 19.4. The van der Waals surface area contributed by atoms with E-state index in [-0.39, 0.29) is 12.1 Å². The van der Waals surface area contributed by atoms with Gasteiger partial charge in [0.05, 0.1) is 5.56 Å². The standard InChI is InChI=1S/C16H19F3N2O4/c1-4-5-15(3,14(24)25)21-13(23)10-6-11(16(17,18)19)8-12(7-10)20-9(2)22/h6-8H,4-5H2,1-3H3,(H,20,22)(H,21,23)(H,24,25). The van der Waals surface area contributed by atoms with Crippen LogP contribution in [0.15, 0.2) is 18.2 Å². The average molecular weight is 360 g/mol. The molecular weight excluding hydrogens is 341 g/mol. The molecule has 0 heterocycles. The van der Waals surface area contributed by atoms with Crippen LogP contribution in [-0.4, -0.2) is 28.4 Å². The monoisotopic (exact) mass is 360 g/mol. The second-order valence-electron chi connectivity index (χ2n) is 5.82. The Hall–Kier alpha value is -2.58. The van der Waals surface area contributed by atoms with Crippen molar-refractivity contribution in [3.05, 3.63) is 29.3 Å². The second kappa shape index (κ2) is 7.54. The molecule has 0 bridgehead atoms. The number of benzene rings is 1. The van der Waals surface area contributed by atoms with E-state index in [9.17, 15) is 32.7 Å². The molecular formula is C16H19F3N2O4. The number of halogens is 3. The molecule has 0 aliphatic carbocycles. The minimum absolute atomic E-state index is 0.103. The van der Waals surface area contributed by atoms with Crippen molar-refractivity contribution in [3.8, 4) is 0 Å². The number of carboxylic acids is 1. The zero-order valence-corrected chi connectivity index (χ0v) is 14.0. The summed E-state index contributed by atoms with van der Waals surface area (Å²) in [6.45, 7) is 4.11. The van der Waals surface area contributed by atoms with Crippen molar-refractivity contribution >= 4 is 23.5 Å². The normalized spacial score (nSPS) is 13.7. The summed E-state index contributed by atoms with van der Waals surface area (Å²) in [4.78, 5) is 34.8. The molecule has 0 aliphatic heterocycles. The Balaban J connectivity index is 3.27. The number of carbonyl (C=O) groups is 3. The summed E-state index contributed by atoms with van der Waals surface area (Å²) in [5, 5.41) is 13.7. The number of hydrogen-bond donors (Lipinski definition) is 3. The Kier molecular flexibility index (Phi) is 6.17. The van der Waals surface area contributed by atoms with Crippen molar-refractivity contribution in [2.24, 2.45) is 0 Å². The van der Waals surface area contributed by atoms with E-state index in [1.54, 1.807) is 6.92 Å². The number of amides is 2. The Bertz CT molecular complexity index is 688. The van der Waals surface area contributed by atoms with Gasteiger partial charge in [0.1, 0.15) is 5.54 Å². The lowest BCUT2D eigenvalue weighted by molar-refractivity contribution is -0.144. The molecule has 9 heteroatoms. The first-order valence-electron chi connectivity index (χ1n) is 7.45. The molecule has 0 radical (unpaired) electrons. The third kappa shape index (κ3) is 5.47. The van der Waals surface area contributed by atoms with Gasteiger partial charge in [0.15, 0.2) is 0 Å². The van der Waals surface area contributed by atoms with Crippen LogP contribution in [0.3, 0.4) is 0 Å². The maximum absolute atomic E-state index is 13.0. The van der Waals surface area contributed by atoms with Crippen molar-refractivity contribution in [1.82, 2.24) is 5.32 Å². The van der Waals surface area contributed by atoms with E-state index in [1.807, 2.05) is 0 Å². The van der Waals surface area contributed by atoms with Gasteiger partial charge in [-0.15, -0.1) is 0 Å². The van der Waals surface area contributed by atoms with E-state index in [4.69, 9.17) is 0 Å². The lowest BCUT2D eigenvalue weighted by atomic mass is 9.95. The average Bonchev–Trinajstić information content (AvgIpc) is 2.45. The van der Waals surface area contributed by atoms with Gasteiger partial charge in [-0.2, -0.15) is 13.2 Å². The Morgan fingerprint density at radius 2 is 1.76 bits per heavy atom. The van der Waals surface area contributed by atoms with E-state index < -0.39 is 40.6 Å². The van der Waals surface area contributed by atoms with Crippen LogP contribution in [0.1, 0.15) is 49.5 Å². The first kappa shape index (κ1) is 20.5. The molecule has 1 aromatic carbocycles. The summed E-state index contributed by atoms with van der Waals surface area (Å²) in [6, 6.07) is 2.36. The number of hydrogen-bond acceptors (Lipinski definition) is 3. The fraction of sp³-hybridized carbons (Fsp3) is 0.438. The van der Waals surface area contributed by atoms with Gasteiger partial charge in [-0.05, 0) is 31.5 Å². The molecule has 3 N–H and O–H groups in total. The van der Waals surface area contributed by atoms with Gasteiger partial charge in [0.2, 0.25) is 5.91 Å². The molecule has 138 valence electrons. The van der Waals surface area contributed by atoms with Crippen LogP contribution in [0.4, 0.5) is 18.9 Å². The van der Waals surface area contributed by atoms with Crippen molar-refractivity contribution < 1.29 is 32.7 Å². The van der Waals surface area contributed by atoms with Gasteiger partial charge < -0.3 is 15.7 Å². The van der Waals surface area contributed by atoms with Crippen LogP contribution >= 0.6 is 0 Å². The van der Waals surface area contributed by atoms with Crippen LogP contribution in [0, 0.1) is 0 Å². The Labute approximate surface area is 142 Å². The van der Waals surface area contributed by atoms with Gasteiger partial charge in [-0.25, -0.2) is 4.79 Å². The molecule has 1 unspecified atom stereocenters. The summed E-state index contributed by atoms with van der Waals surface area (Å²) in [6.07, 6.45) is -4.18. The van der Waals surface area contributed by atoms with Crippen molar-refractivity contribution in [1.29, 1.82) is 0 Å². The van der Waals surface area contributed by atoms with Crippen LogP contribution in [0.2, 0.25) is 0 Å². The molecule has 1 aromatic rings. The minimum Gasteiger partial charge on any atom is -0.480 e. The summed E-state index contributed by atoms with van der Waals surface area (Å²) in [5.41, 5.74) is -3.35. The summed E-state index contributed by atoms with van der Waals surface area (Å²) in [7, 11) is 0. The van der Waals surface area contributed by atoms with Gasteiger partial charge in [0, 0.05) is 18.2 Å². The highest BCUT2D eigenvalue weighted by atomic mass is 19.4. The summed E-state index contributed by atoms with van der Waals surface area (Å²) in [5.74, 6) is -2.88. The molecule has 0 saturated heterocycles. The minimum atomic E-state index is -4.73. The van der Waals surface area contributed by atoms with Crippen LogP contribution in [-0.2, 0) is 15.8 Å². The predicted molar refractivity (Wildman–Crippen MR) is 84.2 cm³/mol.